The number of furan rings is 2. The molecule has 0 spiro atoms. The second-order valence-corrected chi connectivity index (χ2v) is 12.5. The molecule has 0 saturated heterocycles. The van der Waals surface area contributed by atoms with Gasteiger partial charge < -0.3 is 13.7 Å². The zero-order valence-corrected chi connectivity index (χ0v) is 26.5. The van der Waals surface area contributed by atoms with E-state index < -0.39 is 0 Å². The molecule has 0 N–H and O–H groups in total. The minimum atomic E-state index is 0.867. The zero-order chi connectivity index (χ0) is 32.3. The van der Waals surface area contributed by atoms with Crippen LogP contribution in [-0.4, -0.2) is 0 Å². The molecule has 8 aromatic carbocycles. The molecule has 0 amide bonds. The van der Waals surface area contributed by atoms with E-state index in [-0.39, 0.29) is 0 Å². The fourth-order valence-electron chi connectivity index (χ4n) is 7.34. The van der Waals surface area contributed by atoms with Crippen LogP contribution in [-0.2, 0) is 0 Å². The fraction of sp³-hybridized carbons (Fsp3) is 0. The van der Waals surface area contributed by atoms with Crippen LogP contribution in [0, 0.1) is 0 Å². The van der Waals surface area contributed by atoms with E-state index in [4.69, 9.17) is 8.83 Å². The summed E-state index contributed by atoms with van der Waals surface area (Å²) < 4.78 is 12.6. The molecule has 10 rings (SSSR count). The summed E-state index contributed by atoms with van der Waals surface area (Å²) in [5.41, 5.74) is 11.4. The predicted molar refractivity (Wildman–Crippen MR) is 204 cm³/mol. The third-order valence-corrected chi connectivity index (χ3v) is 9.67. The van der Waals surface area contributed by atoms with E-state index in [0.717, 1.165) is 77.6 Å². The maximum atomic E-state index is 6.36. The van der Waals surface area contributed by atoms with Crippen LogP contribution in [0.2, 0.25) is 0 Å². The normalized spacial score (nSPS) is 11.7. The van der Waals surface area contributed by atoms with Gasteiger partial charge >= 0.3 is 0 Å². The highest BCUT2D eigenvalue weighted by Crippen LogP contribution is 2.43. The van der Waals surface area contributed by atoms with Crippen molar-refractivity contribution in [3.63, 3.8) is 0 Å². The summed E-state index contributed by atoms with van der Waals surface area (Å²) in [6.07, 6.45) is 0. The molecule has 0 aliphatic rings. The average molecular weight is 628 g/mol. The second kappa shape index (κ2) is 11.0. The number of hydrogen-bond donors (Lipinski definition) is 0. The van der Waals surface area contributed by atoms with Crippen molar-refractivity contribution in [3.05, 3.63) is 176 Å². The zero-order valence-electron chi connectivity index (χ0n) is 26.5. The van der Waals surface area contributed by atoms with Crippen LogP contribution in [0.4, 0.5) is 17.1 Å². The van der Waals surface area contributed by atoms with Crippen molar-refractivity contribution >= 4 is 71.7 Å². The molecule has 49 heavy (non-hydrogen) atoms. The summed E-state index contributed by atoms with van der Waals surface area (Å²) >= 11 is 0. The minimum Gasteiger partial charge on any atom is -0.456 e. The van der Waals surface area contributed by atoms with Crippen molar-refractivity contribution in [2.24, 2.45) is 0 Å². The molecule has 2 heterocycles. The van der Waals surface area contributed by atoms with Crippen LogP contribution in [0.25, 0.3) is 76.9 Å². The molecule has 3 heteroatoms. The van der Waals surface area contributed by atoms with Crippen LogP contribution in [0.3, 0.4) is 0 Å². The first kappa shape index (κ1) is 27.5. The molecule has 0 unspecified atom stereocenters. The van der Waals surface area contributed by atoms with E-state index in [1.807, 2.05) is 24.3 Å². The van der Waals surface area contributed by atoms with E-state index in [0.29, 0.717) is 0 Å². The first-order valence-corrected chi connectivity index (χ1v) is 16.6. The number of fused-ring (bicyclic) bond motifs is 8. The smallest absolute Gasteiger partial charge is 0.137 e. The van der Waals surface area contributed by atoms with Gasteiger partial charge in [-0.25, -0.2) is 0 Å². The van der Waals surface area contributed by atoms with Gasteiger partial charge in [0, 0.05) is 44.5 Å². The van der Waals surface area contributed by atoms with Crippen LogP contribution in [0.15, 0.2) is 185 Å². The van der Waals surface area contributed by atoms with Crippen LogP contribution < -0.4 is 4.90 Å². The Morgan fingerprint density at radius 3 is 1.84 bits per heavy atom. The lowest BCUT2D eigenvalue weighted by Gasteiger charge is -2.28. The third kappa shape index (κ3) is 4.51. The molecule has 0 aliphatic heterocycles. The summed E-state index contributed by atoms with van der Waals surface area (Å²) in [6.45, 7) is 0. The molecule has 0 saturated carbocycles. The molecule has 0 fully saturated rings. The van der Waals surface area contributed by atoms with Gasteiger partial charge in [-0.15, -0.1) is 0 Å². The Balaban J connectivity index is 1.12. The minimum absolute atomic E-state index is 0.867. The van der Waals surface area contributed by atoms with Crippen molar-refractivity contribution in [1.29, 1.82) is 0 Å². The predicted octanol–water partition coefficient (Wildman–Crippen LogP) is 13.4. The topological polar surface area (TPSA) is 29.5 Å². The van der Waals surface area contributed by atoms with Gasteiger partial charge in [0.15, 0.2) is 0 Å². The van der Waals surface area contributed by atoms with E-state index >= 15 is 0 Å². The standard InChI is InChI=1S/C46H29NO2/c1-2-10-31(11-3-1)36-12-4-7-15-41(36)47(35-25-26-38-37-13-5-8-16-42(37)49-45(38)29-35)34-23-20-30(21-24-34)33-19-18-32-22-27-44-46(40(32)28-33)39-14-6-9-17-43(39)48-44/h1-29H. The van der Waals surface area contributed by atoms with Gasteiger partial charge in [0.2, 0.25) is 0 Å². The fourth-order valence-corrected chi connectivity index (χ4v) is 7.34. The average Bonchev–Trinajstić information content (AvgIpc) is 3.74. The number of para-hydroxylation sites is 3. The lowest BCUT2D eigenvalue weighted by atomic mass is 9.97. The Hall–Kier alpha value is -6.58. The maximum absolute atomic E-state index is 6.36. The highest BCUT2D eigenvalue weighted by molar-refractivity contribution is 6.19. The molecular weight excluding hydrogens is 599 g/mol. The monoisotopic (exact) mass is 627 g/mol. The van der Waals surface area contributed by atoms with Gasteiger partial charge in [-0.1, -0.05) is 115 Å². The van der Waals surface area contributed by atoms with Crippen molar-refractivity contribution in [1.82, 2.24) is 0 Å². The molecule has 0 radical (unpaired) electrons. The summed E-state index contributed by atoms with van der Waals surface area (Å²) in [6, 6.07) is 62.1. The van der Waals surface area contributed by atoms with E-state index in [1.165, 1.54) is 16.3 Å². The largest absolute Gasteiger partial charge is 0.456 e. The van der Waals surface area contributed by atoms with Gasteiger partial charge in [-0.2, -0.15) is 0 Å². The Labute approximate surface area is 282 Å². The van der Waals surface area contributed by atoms with Crippen LogP contribution in [0.1, 0.15) is 0 Å². The molecule has 230 valence electrons. The highest BCUT2D eigenvalue weighted by Gasteiger charge is 2.19. The summed E-state index contributed by atoms with van der Waals surface area (Å²) in [5, 5.41) is 6.94. The van der Waals surface area contributed by atoms with Gasteiger partial charge in [0.1, 0.15) is 22.3 Å². The first-order valence-electron chi connectivity index (χ1n) is 16.6. The molecule has 0 atom stereocenters. The molecular formula is C46H29NO2. The Morgan fingerprint density at radius 1 is 0.347 bits per heavy atom. The van der Waals surface area contributed by atoms with Crippen molar-refractivity contribution in [2.75, 3.05) is 4.90 Å². The quantitative estimate of drug-likeness (QED) is 0.190. The van der Waals surface area contributed by atoms with E-state index in [2.05, 4.69) is 157 Å². The van der Waals surface area contributed by atoms with E-state index in [1.54, 1.807) is 0 Å². The molecule has 2 aromatic heterocycles. The lowest BCUT2D eigenvalue weighted by Crippen LogP contribution is -2.11. The number of benzene rings is 8. The SMILES string of the molecule is c1ccc(-c2ccccc2N(c2ccc(-c3ccc4ccc5oc6ccccc6c5c4c3)cc2)c2ccc3c(c2)oc2ccccc23)cc1. The van der Waals surface area contributed by atoms with Crippen molar-refractivity contribution in [3.8, 4) is 22.3 Å². The summed E-state index contributed by atoms with van der Waals surface area (Å²) in [4.78, 5) is 2.33. The van der Waals surface area contributed by atoms with Crippen molar-refractivity contribution < 1.29 is 8.83 Å². The molecule has 3 nitrogen and oxygen atoms in total. The summed E-state index contributed by atoms with van der Waals surface area (Å²) in [5.74, 6) is 0. The van der Waals surface area contributed by atoms with Crippen LogP contribution in [0.5, 0.6) is 0 Å². The summed E-state index contributed by atoms with van der Waals surface area (Å²) in [7, 11) is 0. The first-order chi connectivity index (χ1) is 24.3. The lowest BCUT2D eigenvalue weighted by molar-refractivity contribution is 0.668. The van der Waals surface area contributed by atoms with Crippen molar-refractivity contribution in [2.45, 2.75) is 0 Å². The number of rotatable bonds is 5. The van der Waals surface area contributed by atoms with Gasteiger partial charge in [-0.05, 0) is 82.1 Å². The third-order valence-electron chi connectivity index (χ3n) is 9.67. The molecule has 10 aromatic rings. The Morgan fingerprint density at radius 2 is 0.980 bits per heavy atom. The maximum Gasteiger partial charge on any atom is 0.137 e. The van der Waals surface area contributed by atoms with Crippen LogP contribution >= 0.6 is 0 Å². The molecule has 0 bridgehead atoms. The Kier molecular flexibility index (Phi) is 6.18. The Bertz CT molecular complexity index is 2830. The number of anilines is 3. The van der Waals surface area contributed by atoms with Gasteiger partial charge in [0.25, 0.3) is 0 Å². The highest BCUT2D eigenvalue weighted by atomic mass is 16.3. The van der Waals surface area contributed by atoms with Gasteiger partial charge in [-0.3, -0.25) is 0 Å². The van der Waals surface area contributed by atoms with Gasteiger partial charge in [0.05, 0.1) is 5.69 Å². The van der Waals surface area contributed by atoms with E-state index in [9.17, 15) is 0 Å². The second-order valence-electron chi connectivity index (χ2n) is 12.5. The molecule has 0 aliphatic carbocycles. The number of nitrogens with zero attached hydrogens (tertiary/aromatic N) is 1. The number of hydrogen-bond acceptors (Lipinski definition) is 3.